The fraction of sp³-hybridized carbons (Fsp3) is 0.560. The number of nitrogens with zero attached hydrogens (tertiary/aromatic N) is 3. The van der Waals surface area contributed by atoms with Crippen LogP contribution >= 0.6 is 0 Å². The molecule has 2 fully saturated rings. The highest BCUT2D eigenvalue weighted by Crippen LogP contribution is 2.43. The first-order valence-electron chi connectivity index (χ1n) is 11.7. The van der Waals surface area contributed by atoms with Crippen molar-refractivity contribution in [1.82, 2.24) is 15.3 Å². The van der Waals surface area contributed by atoms with Crippen LogP contribution in [0.4, 0.5) is 11.8 Å². The van der Waals surface area contributed by atoms with E-state index in [1.807, 2.05) is 37.2 Å². The molecular weight excluding hydrogens is 386 g/mol. The van der Waals surface area contributed by atoms with Gasteiger partial charge in [0.05, 0.1) is 5.52 Å². The third-order valence-electron chi connectivity index (χ3n) is 7.37. The summed E-state index contributed by atoms with van der Waals surface area (Å²) in [4.78, 5) is 24.2. The lowest BCUT2D eigenvalue weighted by atomic mass is 9.85. The number of carbonyl (C=O) groups is 1. The molecule has 2 aromatic rings. The molecule has 1 amide bonds. The third-order valence-corrected chi connectivity index (χ3v) is 7.37. The molecule has 2 N–H and O–H groups in total. The van der Waals surface area contributed by atoms with Gasteiger partial charge in [-0.1, -0.05) is 24.3 Å². The molecule has 1 heterocycles. The van der Waals surface area contributed by atoms with E-state index in [1.54, 1.807) is 0 Å². The molecule has 3 unspecified atom stereocenters. The van der Waals surface area contributed by atoms with Gasteiger partial charge in [-0.2, -0.15) is 4.98 Å². The Bertz CT molecular complexity index is 979. The standard InChI is InChI=1S/C25H33N5O/c1-30(2)23-20-5-3-4-6-22(20)28-25(29-23)27-19-11-8-16(9-12-19)15-26-24(31)21-14-17-7-10-18(21)13-17/h3-7,10,16-19,21H,8-9,11-15H2,1-2H3,(H,26,31)(H,27,28,29)/t16-,17?,18?,19+,21?. The van der Waals surface area contributed by atoms with Crippen LogP contribution in [0.25, 0.3) is 10.9 Å². The van der Waals surface area contributed by atoms with E-state index in [4.69, 9.17) is 9.97 Å². The predicted molar refractivity (Wildman–Crippen MR) is 125 cm³/mol. The quantitative estimate of drug-likeness (QED) is 0.693. The average Bonchev–Trinajstić information content (AvgIpc) is 3.42. The summed E-state index contributed by atoms with van der Waals surface area (Å²) in [6.45, 7) is 0.820. The summed E-state index contributed by atoms with van der Waals surface area (Å²) in [6.07, 6.45) is 11.2. The molecule has 1 aromatic heterocycles. The van der Waals surface area contributed by atoms with E-state index in [-0.39, 0.29) is 11.8 Å². The Morgan fingerprint density at radius 3 is 2.58 bits per heavy atom. The molecule has 1 aromatic carbocycles. The van der Waals surface area contributed by atoms with Gasteiger partial charge in [-0.15, -0.1) is 0 Å². The average molecular weight is 420 g/mol. The van der Waals surface area contributed by atoms with Crippen LogP contribution in [-0.2, 0) is 4.79 Å². The van der Waals surface area contributed by atoms with Crippen LogP contribution in [0.5, 0.6) is 0 Å². The van der Waals surface area contributed by atoms with E-state index in [0.29, 0.717) is 29.7 Å². The van der Waals surface area contributed by atoms with Crippen molar-refractivity contribution in [2.45, 2.75) is 44.6 Å². The molecule has 6 heteroatoms. The Balaban J connectivity index is 1.13. The number of hydrogen-bond acceptors (Lipinski definition) is 5. The van der Waals surface area contributed by atoms with Crippen molar-refractivity contribution < 1.29 is 4.79 Å². The van der Waals surface area contributed by atoms with E-state index >= 15 is 0 Å². The minimum Gasteiger partial charge on any atom is -0.362 e. The van der Waals surface area contributed by atoms with Gasteiger partial charge in [0.15, 0.2) is 0 Å². The molecule has 0 spiro atoms. The Morgan fingerprint density at radius 1 is 1.06 bits per heavy atom. The van der Waals surface area contributed by atoms with E-state index in [0.717, 1.165) is 55.4 Å². The lowest BCUT2D eigenvalue weighted by Gasteiger charge is -2.30. The molecule has 3 aliphatic carbocycles. The number of fused-ring (bicyclic) bond motifs is 3. The second-order valence-corrected chi connectivity index (χ2v) is 9.78. The predicted octanol–water partition coefficient (Wildman–Crippen LogP) is 3.99. The topological polar surface area (TPSA) is 70.2 Å². The maximum absolute atomic E-state index is 12.6. The van der Waals surface area contributed by atoms with Crippen LogP contribution in [-0.4, -0.2) is 42.6 Å². The number of benzene rings is 1. The van der Waals surface area contributed by atoms with E-state index < -0.39 is 0 Å². The van der Waals surface area contributed by atoms with Gasteiger partial charge >= 0.3 is 0 Å². The molecule has 0 radical (unpaired) electrons. The van der Waals surface area contributed by atoms with Gasteiger partial charge in [-0.25, -0.2) is 4.98 Å². The first-order valence-corrected chi connectivity index (χ1v) is 11.7. The number of anilines is 2. The van der Waals surface area contributed by atoms with Gasteiger partial charge in [0, 0.05) is 38.0 Å². The van der Waals surface area contributed by atoms with Crippen LogP contribution < -0.4 is 15.5 Å². The molecular formula is C25H33N5O. The number of allylic oxidation sites excluding steroid dienone is 2. The number of hydrogen-bond donors (Lipinski definition) is 2. The van der Waals surface area contributed by atoms with E-state index in [9.17, 15) is 4.79 Å². The zero-order valence-corrected chi connectivity index (χ0v) is 18.6. The summed E-state index contributed by atoms with van der Waals surface area (Å²) in [5, 5.41) is 7.91. The number of amides is 1. The van der Waals surface area contributed by atoms with E-state index in [2.05, 4.69) is 28.9 Å². The van der Waals surface area contributed by atoms with Crippen molar-refractivity contribution in [2.75, 3.05) is 30.9 Å². The molecule has 31 heavy (non-hydrogen) atoms. The van der Waals surface area contributed by atoms with Gasteiger partial charge < -0.3 is 15.5 Å². The monoisotopic (exact) mass is 419 g/mol. The number of rotatable bonds is 6. The Labute approximate surface area is 184 Å². The molecule has 2 bridgehead atoms. The highest BCUT2D eigenvalue weighted by atomic mass is 16.1. The number of aromatic nitrogens is 2. The maximum atomic E-state index is 12.6. The second-order valence-electron chi connectivity index (χ2n) is 9.78. The van der Waals surface area contributed by atoms with Crippen molar-refractivity contribution >= 4 is 28.6 Å². The minimum absolute atomic E-state index is 0.212. The molecule has 0 aliphatic heterocycles. The largest absolute Gasteiger partial charge is 0.362 e. The molecule has 2 saturated carbocycles. The second kappa shape index (κ2) is 8.48. The smallest absolute Gasteiger partial charge is 0.225 e. The van der Waals surface area contributed by atoms with Gasteiger partial charge in [0.1, 0.15) is 5.82 Å². The summed E-state index contributed by atoms with van der Waals surface area (Å²) in [6, 6.07) is 8.55. The highest BCUT2D eigenvalue weighted by Gasteiger charge is 2.39. The van der Waals surface area contributed by atoms with Crippen LogP contribution in [0.2, 0.25) is 0 Å². The van der Waals surface area contributed by atoms with Gasteiger partial charge in [-0.3, -0.25) is 4.79 Å². The van der Waals surface area contributed by atoms with Gasteiger partial charge in [-0.05, 0) is 68.4 Å². The third kappa shape index (κ3) is 4.25. The number of carbonyl (C=O) groups excluding carboxylic acids is 1. The summed E-state index contributed by atoms with van der Waals surface area (Å²) in [5.41, 5.74) is 0.968. The molecule has 3 aliphatic rings. The first kappa shape index (κ1) is 20.3. The number of nitrogens with one attached hydrogen (secondary N) is 2. The molecule has 0 saturated heterocycles. The summed E-state index contributed by atoms with van der Waals surface area (Å²) >= 11 is 0. The van der Waals surface area contributed by atoms with E-state index in [1.165, 1.54) is 6.42 Å². The van der Waals surface area contributed by atoms with Crippen LogP contribution in [0, 0.1) is 23.7 Å². The van der Waals surface area contributed by atoms with Gasteiger partial charge in [0.2, 0.25) is 11.9 Å². The Kier molecular flexibility index (Phi) is 5.55. The number of para-hydroxylation sites is 1. The molecule has 3 atom stereocenters. The lowest BCUT2D eigenvalue weighted by molar-refractivity contribution is -0.125. The first-order chi connectivity index (χ1) is 15.1. The molecule has 5 rings (SSSR count). The van der Waals surface area contributed by atoms with Crippen molar-refractivity contribution in [1.29, 1.82) is 0 Å². The Hall–Kier alpha value is -2.63. The molecule has 6 nitrogen and oxygen atoms in total. The maximum Gasteiger partial charge on any atom is 0.225 e. The summed E-state index contributed by atoms with van der Waals surface area (Å²) in [5.74, 6) is 3.85. The summed E-state index contributed by atoms with van der Waals surface area (Å²) < 4.78 is 0. The fourth-order valence-corrected chi connectivity index (χ4v) is 5.62. The van der Waals surface area contributed by atoms with Gasteiger partial charge in [0.25, 0.3) is 0 Å². The lowest BCUT2D eigenvalue weighted by Crippen LogP contribution is -2.38. The van der Waals surface area contributed by atoms with Crippen LogP contribution in [0.3, 0.4) is 0 Å². The zero-order valence-electron chi connectivity index (χ0n) is 18.6. The van der Waals surface area contributed by atoms with Crippen LogP contribution in [0.15, 0.2) is 36.4 Å². The van der Waals surface area contributed by atoms with Crippen molar-refractivity contribution in [3.05, 3.63) is 36.4 Å². The fourth-order valence-electron chi connectivity index (χ4n) is 5.62. The minimum atomic E-state index is 0.212. The van der Waals surface area contributed by atoms with Crippen molar-refractivity contribution in [3.63, 3.8) is 0 Å². The van der Waals surface area contributed by atoms with Crippen molar-refractivity contribution in [2.24, 2.45) is 23.7 Å². The summed E-state index contributed by atoms with van der Waals surface area (Å²) in [7, 11) is 4.04. The normalized spacial score (nSPS) is 29.3. The zero-order chi connectivity index (χ0) is 21.4. The van der Waals surface area contributed by atoms with Crippen molar-refractivity contribution in [3.8, 4) is 0 Å². The van der Waals surface area contributed by atoms with Crippen LogP contribution in [0.1, 0.15) is 38.5 Å². The SMILES string of the molecule is CN(C)c1nc(N[C@H]2CC[C@@H](CNC(=O)C3CC4C=CC3C4)CC2)nc2ccccc12. The highest BCUT2D eigenvalue weighted by molar-refractivity contribution is 5.90. The molecule has 164 valence electrons. The Morgan fingerprint density at radius 2 is 1.87 bits per heavy atom.